The van der Waals surface area contributed by atoms with Crippen LogP contribution in [0.5, 0.6) is 0 Å². The van der Waals surface area contributed by atoms with E-state index in [4.69, 9.17) is 0 Å². The SMILES string of the molecule is Cc1ccc(CN2CCN(S(=O)(=O)c3cccc(F)c3)CC2)cc1. The van der Waals surface area contributed by atoms with Gasteiger partial charge in [-0.3, -0.25) is 4.90 Å². The van der Waals surface area contributed by atoms with Gasteiger partial charge < -0.3 is 0 Å². The van der Waals surface area contributed by atoms with Crippen LogP contribution in [0.3, 0.4) is 0 Å². The molecule has 0 spiro atoms. The molecule has 1 saturated heterocycles. The molecule has 1 fully saturated rings. The third-order valence-electron chi connectivity index (χ3n) is 4.29. The monoisotopic (exact) mass is 348 g/mol. The highest BCUT2D eigenvalue weighted by Crippen LogP contribution is 2.19. The molecule has 2 aromatic carbocycles. The highest BCUT2D eigenvalue weighted by Gasteiger charge is 2.28. The average molecular weight is 348 g/mol. The molecule has 0 amide bonds. The molecular weight excluding hydrogens is 327 g/mol. The molecule has 2 aromatic rings. The van der Waals surface area contributed by atoms with Crippen LogP contribution in [0.2, 0.25) is 0 Å². The third-order valence-corrected chi connectivity index (χ3v) is 6.19. The first kappa shape index (κ1) is 17.1. The lowest BCUT2D eigenvalue weighted by Crippen LogP contribution is -2.48. The number of rotatable bonds is 4. The summed E-state index contributed by atoms with van der Waals surface area (Å²) in [5, 5.41) is 0. The fraction of sp³-hybridized carbons (Fsp3) is 0.333. The lowest BCUT2D eigenvalue weighted by atomic mass is 10.1. The molecule has 0 N–H and O–H groups in total. The summed E-state index contributed by atoms with van der Waals surface area (Å²) < 4.78 is 39.9. The Kier molecular flexibility index (Phi) is 4.99. The minimum absolute atomic E-state index is 0.0227. The number of hydrogen-bond acceptors (Lipinski definition) is 3. The minimum atomic E-state index is -3.62. The van der Waals surface area contributed by atoms with Crippen molar-refractivity contribution >= 4 is 10.0 Å². The van der Waals surface area contributed by atoms with Gasteiger partial charge in [-0.25, -0.2) is 12.8 Å². The number of sulfonamides is 1. The molecule has 0 unspecified atom stereocenters. The van der Waals surface area contributed by atoms with Gasteiger partial charge in [0.2, 0.25) is 10.0 Å². The average Bonchev–Trinajstić information content (AvgIpc) is 2.57. The quantitative estimate of drug-likeness (QED) is 0.853. The molecule has 6 heteroatoms. The van der Waals surface area contributed by atoms with Crippen molar-refractivity contribution in [1.82, 2.24) is 9.21 Å². The van der Waals surface area contributed by atoms with Gasteiger partial charge in [-0.2, -0.15) is 4.31 Å². The van der Waals surface area contributed by atoms with E-state index in [1.807, 2.05) is 0 Å². The Morgan fingerprint density at radius 3 is 2.29 bits per heavy atom. The minimum Gasteiger partial charge on any atom is -0.296 e. The molecule has 128 valence electrons. The van der Waals surface area contributed by atoms with Gasteiger partial charge >= 0.3 is 0 Å². The van der Waals surface area contributed by atoms with Gasteiger partial charge in [0, 0.05) is 32.7 Å². The predicted molar refractivity (Wildman–Crippen MR) is 91.6 cm³/mol. The van der Waals surface area contributed by atoms with E-state index in [1.165, 1.54) is 33.6 Å². The molecule has 1 aliphatic heterocycles. The van der Waals surface area contributed by atoms with Crippen LogP contribution < -0.4 is 0 Å². The van der Waals surface area contributed by atoms with E-state index in [0.29, 0.717) is 26.2 Å². The Morgan fingerprint density at radius 1 is 1.00 bits per heavy atom. The Bertz CT molecular complexity index is 798. The zero-order chi connectivity index (χ0) is 17.2. The molecule has 3 rings (SSSR count). The van der Waals surface area contributed by atoms with Crippen molar-refractivity contribution in [2.75, 3.05) is 26.2 Å². The van der Waals surface area contributed by atoms with Crippen molar-refractivity contribution in [3.05, 3.63) is 65.5 Å². The molecular formula is C18H21FN2O2S. The largest absolute Gasteiger partial charge is 0.296 e. The van der Waals surface area contributed by atoms with E-state index in [1.54, 1.807) is 0 Å². The first-order valence-corrected chi connectivity index (χ1v) is 9.43. The maximum absolute atomic E-state index is 13.3. The van der Waals surface area contributed by atoms with E-state index in [9.17, 15) is 12.8 Å². The van der Waals surface area contributed by atoms with Gasteiger partial charge in [0.05, 0.1) is 4.90 Å². The standard InChI is InChI=1S/C18H21FN2O2S/c1-15-5-7-16(8-6-15)14-20-9-11-21(12-10-20)24(22,23)18-4-2-3-17(19)13-18/h2-8,13H,9-12,14H2,1H3. The summed E-state index contributed by atoms with van der Waals surface area (Å²) in [4.78, 5) is 2.26. The third kappa shape index (κ3) is 3.83. The molecule has 0 radical (unpaired) electrons. The fourth-order valence-corrected chi connectivity index (χ4v) is 4.31. The van der Waals surface area contributed by atoms with Crippen molar-refractivity contribution in [2.45, 2.75) is 18.4 Å². The summed E-state index contributed by atoms with van der Waals surface area (Å²) in [7, 11) is -3.62. The second kappa shape index (κ2) is 7.01. The van der Waals surface area contributed by atoms with Crippen LogP contribution in [-0.4, -0.2) is 43.8 Å². The summed E-state index contributed by atoms with van der Waals surface area (Å²) in [6, 6.07) is 13.6. The number of benzene rings is 2. The zero-order valence-corrected chi connectivity index (χ0v) is 14.5. The van der Waals surface area contributed by atoms with E-state index in [-0.39, 0.29) is 4.90 Å². The smallest absolute Gasteiger partial charge is 0.243 e. The highest BCUT2D eigenvalue weighted by atomic mass is 32.2. The molecule has 0 atom stereocenters. The Hall–Kier alpha value is -1.76. The predicted octanol–water partition coefficient (Wildman–Crippen LogP) is 2.64. The second-order valence-electron chi connectivity index (χ2n) is 6.12. The van der Waals surface area contributed by atoms with E-state index in [0.717, 1.165) is 12.6 Å². The van der Waals surface area contributed by atoms with Gasteiger partial charge in [0.1, 0.15) is 5.82 Å². The Labute approximate surface area is 142 Å². The van der Waals surface area contributed by atoms with E-state index < -0.39 is 15.8 Å². The summed E-state index contributed by atoms with van der Waals surface area (Å²) >= 11 is 0. The van der Waals surface area contributed by atoms with Gasteiger partial charge in [-0.1, -0.05) is 35.9 Å². The molecule has 0 aromatic heterocycles. The van der Waals surface area contributed by atoms with Gasteiger partial charge in [-0.15, -0.1) is 0 Å². The molecule has 1 aliphatic rings. The normalized spacial score (nSPS) is 17.1. The molecule has 4 nitrogen and oxygen atoms in total. The molecule has 0 saturated carbocycles. The van der Waals surface area contributed by atoms with Gasteiger partial charge in [0.25, 0.3) is 0 Å². The second-order valence-corrected chi connectivity index (χ2v) is 8.06. The number of piperazine rings is 1. The fourth-order valence-electron chi connectivity index (χ4n) is 2.86. The van der Waals surface area contributed by atoms with Crippen molar-refractivity contribution in [2.24, 2.45) is 0 Å². The zero-order valence-electron chi connectivity index (χ0n) is 13.7. The first-order valence-electron chi connectivity index (χ1n) is 7.99. The number of hydrogen-bond donors (Lipinski definition) is 0. The lowest BCUT2D eigenvalue weighted by Gasteiger charge is -2.34. The van der Waals surface area contributed by atoms with Crippen molar-refractivity contribution < 1.29 is 12.8 Å². The highest BCUT2D eigenvalue weighted by molar-refractivity contribution is 7.89. The number of halogens is 1. The number of aryl methyl sites for hydroxylation is 1. The van der Waals surface area contributed by atoms with Crippen LogP contribution >= 0.6 is 0 Å². The van der Waals surface area contributed by atoms with Crippen LogP contribution in [0.1, 0.15) is 11.1 Å². The van der Waals surface area contributed by atoms with Crippen molar-refractivity contribution in [3.63, 3.8) is 0 Å². The summed E-state index contributed by atoms with van der Waals surface area (Å²) in [6.07, 6.45) is 0. The summed E-state index contributed by atoms with van der Waals surface area (Å²) in [5.41, 5.74) is 2.45. The molecule has 1 heterocycles. The van der Waals surface area contributed by atoms with Crippen LogP contribution in [0.25, 0.3) is 0 Å². The molecule has 0 aliphatic carbocycles. The Morgan fingerprint density at radius 2 is 1.67 bits per heavy atom. The van der Waals surface area contributed by atoms with Crippen LogP contribution in [0, 0.1) is 12.7 Å². The van der Waals surface area contributed by atoms with Crippen LogP contribution in [0.15, 0.2) is 53.4 Å². The van der Waals surface area contributed by atoms with Gasteiger partial charge in [-0.05, 0) is 30.7 Å². The first-order chi connectivity index (χ1) is 11.4. The summed E-state index contributed by atoms with van der Waals surface area (Å²) in [6.45, 7) is 5.05. The maximum Gasteiger partial charge on any atom is 0.243 e. The topological polar surface area (TPSA) is 40.6 Å². The molecule has 0 bridgehead atoms. The summed E-state index contributed by atoms with van der Waals surface area (Å²) in [5.74, 6) is -0.533. The van der Waals surface area contributed by atoms with E-state index in [2.05, 4.69) is 36.1 Å². The van der Waals surface area contributed by atoms with Crippen molar-refractivity contribution in [1.29, 1.82) is 0 Å². The number of nitrogens with zero attached hydrogens (tertiary/aromatic N) is 2. The lowest BCUT2D eigenvalue weighted by molar-refractivity contribution is 0.181. The van der Waals surface area contributed by atoms with Crippen LogP contribution in [0.4, 0.5) is 4.39 Å². The van der Waals surface area contributed by atoms with Gasteiger partial charge in [0.15, 0.2) is 0 Å². The Balaban J connectivity index is 1.63. The van der Waals surface area contributed by atoms with Crippen molar-refractivity contribution in [3.8, 4) is 0 Å². The van der Waals surface area contributed by atoms with E-state index >= 15 is 0 Å². The molecule has 24 heavy (non-hydrogen) atoms. The van der Waals surface area contributed by atoms with Crippen LogP contribution in [-0.2, 0) is 16.6 Å². The maximum atomic E-state index is 13.3.